The van der Waals surface area contributed by atoms with Crippen molar-refractivity contribution < 1.29 is 18.3 Å². The van der Waals surface area contributed by atoms with Crippen molar-refractivity contribution in [3.63, 3.8) is 0 Å². The molecule has 0 radical (unpaired) electrons. The Bertz CT molecular complexity index is 553. The predicted octanol–water partition coefficient (Wildman–Crippen LogP) is 4.80. The van der Waals surface area contributed by atoms with E-state index in [-0.39, 0.29) is 10.3 Å². The summed E-state index contributed by atoms with van der Waals surface area (Å²) in [6.07, 6.45) is 0. The number of aliphatic hydroxyl groups excluding tert-OH is 1. The average Bonchev–Trinajstić information content (AvgIpc) is 2.43. The first-order valence-corrected chi connectivity index (χ1v) is 7.79. The summed E-state index contributed by atoms with van der Waals surface area (Å²) < 4.78 is 46.9. The van der Waals surface area contributed by atoms with Crippen LogP contribution in [-0.4, -0.2) is 22.2 Å². The van der Waals surface area contributed by atoms with Gasteiger partial charge in [-0.05, 0) is 39.6 Å². The molecule has 0 aliphatic rings. The molecular weight excluding hydrogens is 311 g/mol. The van der Waals surface area contributed by atoms with Crippen LogP contribution in [0.5, 0.6) is 0 Å². The molecule has 1 aromatic rings. The van der Waals surface area contributed by atoms with Crippen LogP contribution in [0.25, 0.3) is 0 Å². The Morgan fingerprint density at radius 3 is 2.41 bits per heavy atom. The van der Waals surface area contributed by atoms with Gasteiger partial charge in [0.1, 0.15) is 5.82 Å². The lowest BCUT2D eigenvalue weighted by atomic mass is 9.94. The van der Waals surface area contributed by atoms with E-state index in [9.17, 15) is 13.2 Å². The molecule has 0 aliphatic carbocycles. The van der Waals surface area contributed by atoms with Gasteiger partial charge in [0.2, 0.25) is 0 Å². The van der Waals surface area contributed by atoms with Gasteiger partial charge in [0.25, 0.3) is 5.92 Å². The standard InChI is InChI=1S/C16H22F3NOS/c1-10(9-21)16(18,19)13-8-6-7-12(14(13)17)11(2)20-22-15(3,4)5/h6-8,10,21H,9H2,1-5H3/b20-11+. The highest BCUT2D eigenvalue weighted by Crippen LogP contribution is 2.38. The fraction of sp³-hybridized carbons (Fsp3) is 0.562. The summed E-state index contributed by atoms with van der Waals surface area (Å²) in [5, 5.41) is 8.95. The molecule has 22 heavy (non-hydrogen) atoms. The predicted molar refractivity (Wildman–Crippen MR) is 86.1 cm³/mol. The molecule has 2 nitrogen and oxygen atoms in total. The van der Waals surface area contributed by atoms with Crippen molar-refractivity contribution in [2.75, 3.05) is 6.61 Å². The molecule has 0 bridgehead atoms. The summed E-state index contributed by atoms with van der Waals surface area (Å²) in [4.78, 5) is 0. The zero-order valence-electron chi connectivity index (χ0n) is 13.5. The Morgan fingerprint density at radius 1 is 1.32 bits per heavy atom. The number of nitrogens with zero attached hydrogens (tertiary/aromatic N) is 1. The molecule has 0 amide bonds. The molecule has 0 aromatic heterocycles. The third-order valence-electron chi connectivity index (χ3n) is 3.10. The Labute approximate surface area is 134 Å². The van der Waals surface area contributed by atoms with E-state index in [0.717, 1.165) is 6.07 Å². The fourth-order valence-electron chi connectivity index (χ4n) is 1.70. The molecular formula is C16H22F3NOS. The second-order valence-corrected chi connectivity index (χ2v) is 7.84. The molecule has 1 rings (SSSR count). The molecule has 6 heteroatoms. The molecule has 0 saturated carbocycles. The summed E-state index contributed by atoms with van der Waals surface area (Å²) >= 11 is 1.26. The number of hydrogen-bond donors (Lipinski definition) is 1. The van der Waals surface area contributed by atoms with Gasteiger partial charge in [0.15, 0.2) is 0 Å². The Morgan fingerprint density at radius 2 is 1.91 bits per heavy atom. The quantitative estimate of drug-likeness (QED) is 0.620. The van der Waals surface area contributed by atoms with Gasteiger partial charge in [-0.25, -0.2) is 17.6 Å². The van der Waals surface area contributed by atoms with Gasteiger partial charge in [0, 0.05) is 16.2 Å². The summed E-state index contributed by atoms with van der Waals surface area (Å²) in [6, 6.07) is 3.86. The second kappa shape index (κ2) is 7.04. The first kappa shape index (κ1) is 19.0. The minimum atomic E-state index is -3.44. The number of halogens is 3. The third-order valence-corrected chi connectivity index (χ3v) is 4.01. The van der Waals surface area contributed by atoms with Gasteiger partial charge < -0.3 is 5.11 Å². The second-order valence-electron chi connectivity index (χ2n) is 6.25. The van der Waals surface area contributed by atoms with Gasteiger partial charge in [-0.3, -0.25) is 0 Å². The molecule has 0 fully saturated rings. The van der Waals surface area contributed by atoms with Crippen molar-refractivity contribution in [1.82, 2.24) is 0 Å². The molecule has 1 aromatic carbocycles. The van der Waals surface area contributed by atoms with Crippen LogP contribution in [0.15, 0.2) is 22.6 Å². The Balaban J connectivity index is 3.24. The van der Waals surface area contributed by atoms with Crippen molar-refractivity contribution in [2.45, 2.75) is 45.3 Å². The number of rotatable bonds is 5. The Hall–Kier alpha value is -1.01. The Kier molecular flexibility index (Phi) is 6.10. The van der Waals surface area contributed by atoms with Crippen molar-refractivity contribution in [1.29, 1.82) is 0 Å². The van der Waals surface area contributed by atoms with Crippen LogP contribution in [-0.2, 0) is 5.92 Å². The van der Waals surface area contributed by atoms with E-state index in [1.165, 1.54) is 31.0 Å². The third kappa shape index (κ3) is 4.49. The van der Waals surface area contributed by atoms with Crippen LogP contribution in [0.3, 0.4) is 0 Å². The number of alkyl halides is 2. The van der Waals surface area contributed by atoms with Gasteiger partial charge in [0.05, 0.1) is 17.9 Å². The summed E-state index contributed by atoms with van der Waals surface area (Å²) in [6.45, 7) is 7.93. The summed E-state index contributed by atoms with van der Waals surface area (Å²) in [7, 11) is 0. The lowest BCUT2D eigenvalue weighted by Crippen LogP contribution is -2.28. The molecule has 0 aliphatic heterocycles. The van der Waals surface area contributed by atoms with Crippen molar-refractivity contribution >= 4 is 17.7 Å². The van der Waals surface area contributed by atoms with Gasteiger partial charge in [-0.2, -0.15) is 0 Å². The van der Waals surface area contributed by atoms with Crippen molar-refractivity contribution in [3.05, 3.63) is 35.1 Å². The highest BCUT2D eigenvalue weighted by molar-refractivity contribution is 7.99. The molecule has 124 valence electrons. The van der Waals surface area contributed by atoms with E-state index in [2.05, 4.69) is 4.40 Å². The maximum absolute atomic E-state index is 14.5. The van der Waals surface area contributed by atoms with Crippen LogP contribution >= 0.6 is 11.9 Å². The number of hydrogen-bond acceptors (Lipinski definition) is 3. The highest BCUT2D eigenvalue weighted by Gasteiger charge is 2.41. The lowest BCUT2D eigenvalue weighted by molar-refractivity contribution is -0.0778. The van der Waals surface area contributed by atoms with E-state index in [0.29, 0.717) is 5.71 Å². The molecule has 1 N–H and O–H groups in total. The van der Waals surface area contributed by atoms with Crippen LogP contribution in [0.2, 0.25) is 0 Å². The summed E-state index contributed by atoms with van der Waals surface area (Å²) in [5.41, 5.74) is -0.298. The van der Waals surface area contributed by atoms with E-state index in [1.807, 2.05) is 20.8 Å². The minimum Gasteiger partial charge on any atom is -0.396 e. The summed E-state index contributed by atoms with van der Waals surface area (Å²) in [5.74, 6) is -5.78. The molecule has 0 heterocycles. The maximum Gasteiger partial charge on any atom is 0.280 e. The van der Waals surface area contributed by atoms with E-state index >= 15 is 0 Å². The number of aliphatic hydroxyl groups is 1. The van der Waals surface area contributed by atoms with Crippen LogP contribution in [0.4, 0.5) is 13.2 Å². The smallest absolute Gasteiger partial charge is 0.280 e. The van der Waals surface area contributed by atoms with E-state index in [4.69, 9.17) is 5.11 Å². The van der Waals surface area contributed by atoms with Crippen LogP contribution in [0.1, 0.15) is 45.7 Å². The number of benzene rings is 1. The average molecular weight is 333 g/mol. The largest absolute Gasteiger partial charge is 0.396 e. The topological polar surface area (TPSA) is 32.6 Å². The van der Waals surface area contributed by atoms with Gasteiger partial charge in [-0.1, -0.05) is 25.1 Å². The first-order valence-electron chi connectivity index (χ1n) is 7.01. The van der Waals surface area contributed by atoms with Crippen molar-refractivity contribution in [2.24, 2.45) is 10.3 Å². The molecule has 0 spiro atoms. The molecule has 1 unspecified atom stereocenters. The zero-order chi connectivity index (χ0) is 17.1. The monoisotopic (exact) mass is 333 g/mol. The normalized spacial score (nSPS) is 15.0. The molecule has 1 atom stereocenters. The van der Waals surface area contributed by atoms with E-state index < -0.39 is 29.8 Å². The fourth-order valence-corrected chi connectivity index (χ4v) is 2.21. The maximum atomic E-state index is 14.5. The lowest BCUT2D eigenvalue weighted by Gasteiger charge is -2.23. The van der Waals surface area contributed by atoms with Crippen molar-refractivity contribution in [3.8, 4) is 0 Å². The van der Waals surface area contributed by atoms with Gasteiger partial charge in [-0.15, -0.1) is 0 Å². The molecule has 0 saturated heterocycles. The first-order chi connectivity index (χ1) is 10.0. The zero-order valence-corrected chi connectivity index (χ0v) is 14.3. The SMILES string of the molecule is C/C(=N\SC(C)(C)C)c1cccc(C(F)(F)C(C)CO)c1F. The van der Waals surface area contributed by atoms with Gasteiger partial charge >= 0.3 is 0 Å². The van der Waals surface area contributed by atoms with Crippen LogP contribution in [0, 0.1) is 11.7 Å². The minimum absolute atomic E-state index is 0.0547. The highest BCUT2D eigenvalue weighted by atomic mass is 32.2. The van der Waals surface area contributed by atoms with E-state index in [1.54, 1.807) is 6.92 Å². The van der Waals surface area contributed by atoms with Crippen LogP contribution < -0.4 is 0 Å².